The van der Waals surface area contributed by atoms with Crippen LogP contribution in [0, 0.1) is 13.8 Å². The van der Waals surface area contributed by atoms with Gasteiger partial charge in [0.15, 0.2) is 0 Å². The molecule has 2 aromatic carbocycles. The molecular formula is C23H23N3O7S2. The van der Waals surface area contributed by atoms with Crippen molar-refractivity contribution in [3.8, 4) is 5.75 Å². The van der Waals surface area contributed by atoms with E-state index in [0.717, 1.165) is 23.3 Å². The number of imide groups is 1. The molecule has 0 spiro atoms. The number of benzene rings is 2. The zero-order chi connectivity index (χ0) is 25.8. The summed E-state index contributed by atoms with van der Waals surface area (Å²) in [6.45, 7) is 3.45. The number of methoxy groups -OCH3 is 2. The Hall–Kier alpha value is -3.90. The second-order valence-electron chi connectivity index (χ2n) is 7.21. The fourth-order valence-electron chi connectivity index (χ4n) is 3.09. The van der Waals surface area contributed by atoms with Crippen molar-refractivity contribution in [1.82, 2.24) is 5.32 Å². The molecule has 0 unspecified atom stereocenters. The molecule has 3 aromatic rings. The van der Waals surface area contributed by atoms with Crippen LogP contribution in [0.15, 0.2) is 53.4 Å². The number of aryl methyl sites for hydroxylation is 1. The second-order valence-corrected chi connectivity index (χ2v) is 10.1. The summed E-state index contributed by atoms with van der Waals surface area (Å²) in [5, 5.41) is 4.94. The van der Waals surface area contributed by atoms with Gasteiger partial charge in [-0.1, -0.05) is 12.1 Å². The van der Waals surface area contributed by atoms with Crippen LogP contribution >= 0.6 is 11.3 Å². The molecule has 0 saturated carbocycles. The molecule has 0 saturated heterocycles. The van der Waals surface area contributed by atoms with E-state index in [1.54, 1.807) is 26.0 Å². The standard InChI is InChI=1S/C23H23N3O7S2/c1-13-14(2)34-22(19(13)21(28)25-23(29)33-4)24-20(27)17-7-5-6-8-18(17)26-35(30,31)16-11-9-15(32-3)10-12-16/h5-12,26H,1-4H3,(H,24,27)(H,25,28,29). The fraction of sp³-hybridized carbons (Fsp3) is 0.174. The largest absolute Gasteiger partial charge is 0.497 e. The Morgan fingerprint density at radius 3 is 2.20 bits per heavy atom. The first kappa shape index (κ1) is 25.7. The molecule has 0 atom stereocenters. The minimum atomic E-state index is -4.01. The summed E-state index contributed by atoms with van der Waals surface area (Å²) in [7, 11) is -1.41. The normalized spacial score (nSPS) is 10.9. The van der Waals surface area contributed by atoms with E-state index >= 15 is 0 Å². The third-order valence-electron chi connectivity index (χ3n) is 5.03. The molecule has 1 heterocycles. The Labute approximate surface area is 206 Å². The smallest absolute Gasteiger partial charge is 0.413 e. The van der Waals surface area contributed by atoms with Crippen LogP contribution in [0.25, 0.3) is 0 Å². The molecule has 3 amide bonds. The summed E-state index contributed by atoms with van der Waals surface area (Å²) in [4.78, 5) is 38.0. The molecule has 0 bridgehead atoms. The quantitative estimate of drug-likeness (QED) is 0.431. The lowest BCUT2D eigenvalue weighted by Gasteiger charge is -2.13. The topological polar surface area (TPSA) is 140 Å². The molecule has 0 radical (unpaired) electrons. The zero-order valence-electron chi connectivity index (χ0n) is 19.3. The van der Waals surface area contributed by atoms with E-state index in [1.165, 1.54) is 43.5 Å². The van der Waals surface area contributed by atoms with Gasteiger partial charge in [0.05, 0.1) is 35.9 Å². The van der Waals surface area contributed by atoms with Crippen molar-refractivity contribution in [3.63, 3.8) is 0 Å². The summed E-state index contributed by atoms with van der Waals surface area (Å²) in [5.74, 6) is -0.883. The third-order valence-corrected chi connectivity index (χ3v) is 7.53. The van der Waals surface area contributed by atoms with Crippen molar-refractivity contribution in [2.24, 2.45) is 0 Å². The molecular weight excluding hydrogens is 494 g/mol. The number of ether oxygens (including phenoxy) is 2. The fourth-order valence-corrected chi connectivity index (χ4v) is 5.23. The van der Waals surface area contributed by atoms with E-state index in [2.05, 4.69) is 20.1 Å². The van der Waals surface area contributed by atoms with E-state index in [0.29, 0.717) is 11.3 Å². The van der Waals surface area contributed by atoms with Crippen LogP contribution in [0.2, 0.25) is 0 Å². The first-order valence-corrected chi connectivity index (χ1v) is 12.4. The van der Waals surface area contributed by atoms with E-state index in [4.69, 9.17) is 4.74 Å². The van der Waals surface area contributed by atoms with Gasteiger partial charge in [0.1, 0.15) is 10.8 Å². The summed E-state index contributed by atoms with van der Waals surface area (Å²) < 4.78 is 37.7. The SMILES string of the molecule is COC(=O)NC(=O)c1c(NC(=O)c2ccccc2NS(=O)(=O)c2ccc(OC)cc2)sc(C)c1C. The highest BCUT2D eigenvalue weighted by Gasteiger charge is 2.25. The Bertz CT molecular complexity index is 1380. The molecule has 184 valence electrons. The van der Waals surface area contributed by atoms with Gasteiger partial charge >= 0.3 is 6.09 Å². The summed E-state index contributed by atoms with van der Waals surface area (Å²) in [5.41, 5.74) is 0.779. The van der Waals surface area contributed by atoms with E-state index in [-0.39, 0.29) is 26.7 Å². The minimum Gasteiger partial charge on any atom is -0.497 e. The molecule has 10 nitrogen and oxygen atoms in total. The Kier molecular flexibility index (Phi) is 7.77. The lowest BCUT2D eigenvalue weighted by atomic mass is 10.1. The van der Waals surface area contributed by atoms with Crippen molar-refractivity contribution in [3.05, 3.63) is 70.1 Å². The average molecular weight is 518 g/mol. The van der Waals surface area contributed by atoms with Gasteiger partial charge in [-0.25, -0.2) is 13.2 Å². The Morgan fingerprint density at radius 1 is 0.914 bits per heavy atom. The lowest BCUT2D eigenvalue weighted by molar-refractivity contribution is 0.0937. The highest BCUT2D eigenvalue weighted by molar-refractivity contribution is 7.92. The summed E-state index contributed by atoms with van der Waals surface area (Å²) in [6.07, 6.45) is -0.936. The van der Waals surface area contributed by atoms with Crippen LogP contribution in [0.4, 0.5) is 15.5 Å². The maximum absolute atomic E-state index is 13.1. The number of amides is 3. The summed E-state index contributed by atoms with van der Waals surface area (Å²) >= 11 is 1.15. The van der Waals surface area contributed by atoms with E-state index in [1.807, 2.05) is 0 Å². The van der Waals surface area contributed by atoms with Crippen molar-refractivity contribution in [1.29, 1.82) is 0 Å². The van der Waals surface area contributed by atoms with Crippen LogP contribution in [-0.2, 0) is 14.8 Å². The molecule has 3 rings (SSSR count). The van der Waals surface area contributed by atoms with Gasteiger partial charge in [-0.2, -0.15) is 0 Å². The van der Waals surface area contributed by atoms with Gasteiger partial charge in [-0.05, 0) is 55.8 Å². The number of carbonyl (C=O) groups excluding carboxylic acids is 3. The van der Waals surface area contributed by atoms with Crippen LogP contribution in [-0.4, -0.2) is 40.5 Å². The molecule has 0 aliphatic carbocycles. The molecule has 0 aliphatic rings. The molecule has 0 aliphatic heterocycles. The van der Waals surface area contributed by atoms with Gasteiger partial charge in [0.25, 0.3) is 21.8 Å². The molecule has 12 heteroatoms. The molecule has 3 N–H and O–H groups in total. The highest BCUT2D eigenvalue weighted by Crippen LogP contribution is 2.33. The molecule has 35 heavy (non-hydrogen) atoms. The first-order valence-electron chi connectivity index (χ1n) is 10.1. The number of rotatable bonds is 7. The number of nitrogens with one attached hydrogen (secondary N) is 3. The first-order chi connectivity index (χ1) is 16.6. The number of para-hydroxylation sites is 1. The monoisotopic (exact) mass is 517 g/mol. The number of thiophene rings is 1. The number of sulfonamides is 1. The highest BCUT2D eigenvalue weighted by atomic mass is 32.2. The Morgan fingerprint density at radius 2 is 1.57 bits per heavy atom. The second kappa shape index (κ2) is 10.6. The zero-order valence-corrected chi connectivity index (χ0v) is 20.9. The van der Waals surface area contributed by atoms with Crippen LogP contribution in [0.1, 0.15) is 31.2 Å². The van der Waals surface area contributed by atoms with Gasteiger partial charge in [-0.15, -0.1) is 11.3 Å². The van der Waals surface area contributed by atoms with Crippen LogP contribution < -0.4 is 20.1 Å². The predicted octanol–water partition coefficient (Wildman–Crippen LogP) is 3.92. The number of alkyl carbamates (subject to hydrolysis) is 1. The predicted molar refractivity (Wildman–Crippen MR) is 132 cm³/mol. The molecule has 1 aromatic heterocycles. The number of carbonyl (C=O) groups is 3. The Balaban J connectivity index is 1.89. The van der Waals surface area contributed by atoms with Gasteiger partial charge < -0.3 is 14.8 Å². The maximum atomic E-state index is 13.1. The summed E-state index contributed by atoms with van der Waals surface area (Å²) in [6, 6.07) is 11.8. The number of anilines is 2. The number of hydrogen-bond donors (Lipinski definition) is 3. The average Bonchev–Trinajstić information content (AvgIpc) is 3.11. The number of hydrogen-bond acceptors (Lipinski definition) is 8. The van der Waals surface area contributed by atoms with Crippen LogP contribution in [0.3, 0.4) is 0 Å². The maximum Gasteiger partial charge on any atom is 0.413 e. The lowest BCUT2D eigenvalue weighted by Crippen LogP contribution is -2.31. The third kappa shape index (κ3) is 5.78. The van der Waals surface area contributed by atoms with Gasteiger partial charge in [-0.3, -0.25) is 19.6 Å². The molecule has 0 fully saturated rings. The van der Waals surface area contributed by atoms with Gasteiger partial charge in [0.2, 0.25) is 0 Å². The van der Waals surface area contributed by atoms with Crippen molar-refractivity contribution in [2.45, 2.75) is 18.7 Å². The van der Waals surface area contributed by atoms with Crippen molar-refractivity contribution in [2.75, 3.05) is 24.3 Å². The van der Waals surface area contributed by atoms with Crippen molar-refractivity contribution >= 4 is 50.0 Å². The van der Waals surface area contributed by atoms with Crippen LogP contribution in [0.5, 0.6) is 5.75 Å². The van der Waals surface area contributed by atoms with Crippen molar-refractivity contribution < 1.29 is 32.3 Å². The minimum absolute atomic E-state index is 0.0141. The van der Waals surface area contributed by atoms with Gasteiger partial charge in [0, 0.05) is 4.88 Å². The van der Waals surface area contributed by atoms with E-state index < -0.39 is 27.9 Å². The van der Waals surface area contributed by atoms with E-state index in [9.17, 15) is 22.8 Å².